The van der Waals surface area contributed by atoms with E-state index in [4.69, 9.17) is 0 Å². The van der Waals surface area contributed by atoms with E-state index >= 15 is 0 Å². The number of carbonyl (C=O) groups excluding carboxylic acids is 1. The van der Waals surface area contributed by atoms with Gasteiger partial charge in [-0.3, -0.25) is 9.69 Å². The Kier molecular flexibility index (Phi) is 5.72. The Labute approximate surface area is 136 Å². The van der Waals surface area contributed by atoms with Gasteiger partial charge in [-0.2, -0.15) is 0 Å². The molecule has 128 valence electrons. The van der Waals surface area contributed by atoms with Crippen LogP contribution in [-0.4, -0.2) is 63.0 Å². The molecular formula is C15H22FN3O3S. The second kappa shape index (κ2) is 7.37. The van der Waals surface area contributed by atoms with Crippen LogP contribution in [0, 0.1) is 11.7 Å². The summed E-state index contributed by atoms with van der Waals surface area (Å²) in [7, 11) is -1.80. The van der Waals surface area contributed by atoms with Gasteiger partial charge in [0.1, 0.15) is 5.82 Å². The first-order valence-corrected chi connectivity index (χ1v) is 9.28. The number of halogens is 1. The van der Waals surface area contributed by atoms with Crippen molar-refractivity contribution in [2.75, 3.05) is 39.5 Å². The van der Waals surface area contributed by atoms with Gasteiger partial charge in [0, 0.05) is 39.8 Å². The summed E-state index contributed by atoms with van der Waals surface area (Å²) in [5, 5.41) is 2.59. The lowest BCUT2D eigenvalue weighted by Crippen LogP contribution is -2.41. The van der Waals surface area contributed by atoms with E-state index in [2.05, 4.69) is 5.32 Å². The molecule has 0 bridgehead atoms. The maximum atomic E-state index is 13.0. The van der Waals surface area contributed by atoms with Gasteiger partial charge in [0.05, 0.1) is 12.2 Å². The molecule has 0 radical (unpaired) electrons. The van der Waals surface area contributed by atoms with E-state index in [0.717, 1.165) is 11.8 Å². The zero-order chi connectivity index (χ0) is 17.0. The molecule has 1 N–H and O–H groups in total. The van der Waals surface area contributed by atoms with Crippen molar-refractivity contribution in [1.29, 1.82) is 0 Å². The monoisotopic (exact) mass is 343 g/mol. The average Bonchev–Trinajstić information content (AvgIpc) is 2.71. The molecule has 1 fully saturated rings. The fraction of sp³-hybridized carbons (Fsp3) is 0.533. The summed E-state index contributed by atoms with van der Waals surface area (Å²) in [4.78, 5) is 14.1. The van der Waals surface area contributed by atoms with Gasteiger partial charge in [-0.25, -0.2) is 17.1 Å². The maximum absolute atomic E-state index is 13.0. The molecule has 1 aliphatic heterocycles. The van der Waals surface area contributed by atoms with Gasteiger partial charge < -0.3 is 5.32 Å². The molecule has 1 amide bonds. The van der Waals surface area contributed by atoms with E-state index in [1.54, 1.807) is 19.2 Å². The van der Waals surface area contributed by atoms with Crippen molar-refractivity contribution in [3.8, 4) is 0 Å². The molecule has 1 atom stereocenters. The van der Waals surface area contributed by atoms with Crippen LogP contribution in [0.1, 0.15) is 5.56 Å². The second-order valence-electron chi connectivity index (χ2n) is 5.79. The molecule has 0 aromatic heterocycles. The third-order valence-corrected chi connectivity index (χ3v) is 5.24. The Morgan fingerprint density at radius 3 is 2.48 bits per heavy atom. The zero-order valence-corrected chi connectivity index (χ0v) is 14.1. The van der Waals surface area contributed by atoms with Crippen LogP contribution in [0.5, 0.6) is 0 Å². The van der Waals surface area contributed by atoms with Crippen molar-refractivity contribution >= 4 is 15.9 Å². The number of nitrogens with zero attached hydrogens (tertiary/aromatic N) is 2. The molecule has 1 saturated heterocycles. The Morgan fingerprint density at radius 1 is 1.26 bits per heavy atom. The van der Waals surface area contributed by atoms with Crippen LogP contribution in [0.25, 0.3) is 0 Å². The van der Waals surface area contributed by atoms with Gasteiger partial charge in [-0.1, -0.05) is 12.1 Å². The number of rotatable bonds is 4. The van der Waals surface area contributed by atoms with Crippen molar-refractivity contribution in [2.45, 2.75) is 6.54 Å². The highest BCUT2D eigenvalue weighted by Crippen LogP contribution is 2.15. The van der Waals surface area contributed by atoms with E-state index < -0.39 is 15.9 Å². The minimum absolute atomic E-state index is 0.176. The largest absolute Gasteiger partial charge is 0.359 e. The van der Waals surface area contributed by atoms with Crippen molar-refractivity contribution in [3.05, 3.63) is 35.6 Å². The van der Waals surface area contributed by atoms with E-state index in [1.165, 1.54) is 16.4 Å². The molecule has 0 aliphatic carbocycles. The van der Waals surface area contributed by atoms with Gasteiger partial charge in [-0.15, -0.1) is 0 Å². The summed E-state index contributed by atoms with van der Waals surface area (Å²) in [6, 6.07) is 6.19. The Morgan fingerprint density at radius 2 is 1.91 bits per heavy atom. The summed E-state index contributed by atoms with van der Waals surface area (Å²) >= 11 is 0. The SMILES string of the molecule is CNC(=O)C1CN(Cc2ccc(F)cc2)CCN(S(C)(=O)=O)C1. The van der Waals surface area contributed by atoms with Crippen molar-refractivity contribution in [1.82, 2.24) is 14.5 Å². The molecule has 1 aromatic carbocycles. The summed E-state index contributed by atoms with van der Waals surface area (Å²) in [6.07, 6.45) is 1.16. The van der Waals surface area contributed by atoms with E-state index in [1.807, 2.05) is 4.90 Å². The molecule has 1 heterocycles. The Balaban J connectivity index is 2.14. The van der Waals surface area contributed by atoms with Gasteiger partial charge in [-0.05, 0) is 17.7 Å². The van der Waals surface area contributed by atoms with Gasteiger partial charge in [0.15, 0.2) is 0 Å². The van der Waals surface area contributed by atoms with Gasteiger partial charge in [0.25, 0.3) is 0 Å². The minimum atomic E-state index is -3.35. The molecule has 0 saturated carbocycles. The maximum Gasteiger partial charge on any atom is 0.225 e. The number of hydrogen-bond acceptors (Lipinski definition) is 4. The van der Waals surface area contributed by atoms with E-state index in [-0.39, 0.29) is 18.3 Å². The standard InChI is InChI=1S/C15H22FN3O3S/c1-17-15(20)13-10-18(7-8-19(11-13)23(2,21)22)9-12-3-5-14(16)6-4-12/h3-6,13H,7-11H2,1-2H3,(H,17,20). The summed E-state index contributed by atoms with van der Waals surface area (Å²) < 4.78 is 38.0. The fourth-order valence-electron chi connectivity index (χ4n) is 2.71. The van der Waals surface area contributed by atoms with Crippen LogP contribution >= 0.6 is 0 Å². The van der Waals surface area contributed by atoms with Gasteiger partial charge in [0.2, 0.25) is 15.9 Å². The second-order valence-corrected chi connectivity index (χ2v) is 7.78. The van der Waals surface area contributed by atoms with Crippen molar-refractivity contribution in [3.63, 3.8) is 0 Å². The molecule has 0 spiro atoms. The highest BCUT2D eigenvalue weighted by Gasteiger charge is 2.31. The molecule has 8 heteroatoms. The Bertz CT molecular complexity index is 648. The van der Waals surface area contributed by atoms with E-state index in [9.17, 15) is 17.6 Å². The fourth-order valence-corrected chi connectivity index (χ4v) is 3.58. The highest BCUT2D eigenvalue weighted by atomic mass is 32.2. The third-order valence-electron chi connectivity index (χ3n) is 3.97. The highest BCUT2D eigenvalue weighted by molar-refractivity contribution is 7.88. The Hall–Kier alpha value is -1.51. The van der Waals surface area contributed by atoms with Crippen LogP contribution < -0.4 is 5.32 Å². The average molecular weight is 343 g/mol. The topological polar surface area (TPSA) is 69.7 Å². The van der Waals surface area contributed by atoms with Crippen LogP contribution in [0.4, 0.5) is 4.39 Å². The summed E-state index contributed by atoms with van der Waals surface area (Å²) in [5.74, 6) is -0.904. The number of carbonyl (C=O) groups is 1. The third kappa shape index (κ3) is 4.98. The van der Waals surface area contributed by atoms with Crippen LogP contribution in [-0.2, 0) is 21.4 Å². The molecular weight excluding hydrogens is 321 g/mol. The van der Waals surface area contributed by atoms with E-state index in [0.29, 0.717) is 26.2 Å². The quantitative estimate of drug-likeness (QED) is 0.852. The summed E-state index contributed by atoms with van der Waals surface area (Å²) in [5.41, 5.74) is 0.926. The molecule has 1 unspecified atom stereocenters. The number of nitrogens with one attached hydrogen (secondary N) is 1. The first-order valence-electron chi connectivity index (χ1n) is 7.43. The lowest BCUT2D eigenvalue weighted by molar-refractivity contribution is -0.125. The molecule has 6 nitrogen and oxygen atoms in total. The normalized spacial score (nSPS) is 20.9. The van der Waals surface area contributed by atoms with Crippen molar-refractivity contribution < 1.29 is 17.6 Å². The van der Waals surface area contributed by atoms with Gasteiger partial charge >= 0.3 is 0 Å². The summed E-state index contributed by atoms with van der Waals surface area (Å²) in [6.45, 7) is 2.05. The first-order chi connectivity index (χ1) is 10.8. The molecule has 2 rings (SSSR count). The van der Waals surface area contributed by atoms with Crippen LogP contribution in [0.3, 0.4) is 0 Å². The molecule has 23 heavy (non-hydrogen) atoms. The van der Waals surface area contributed by atoms with Crippen LogP contribution in [0.15, 0.2) is 24.3 Å². The first kappa shape index (κ1) is 17.8. The van der Waals surface area contributed by atoms with Crippen LogP contribution in [0.2, 0.25) is 0 Å². The smallest absolute Gasteiger partial charge is 0.225 e. The van der Waals surface area contributed by atoms with Crippen molar-refractivity contribution in [2.24, 2.45) is 5.92 Å². The molecule has 1 aromatic rings. The zero-order valence-electron chi connectivity index (χ0n) is 13.3. The number of hydrogen-bond donors (Lipinski definition) is 1. The lowest BCUT2D eigenvalue weighted by atomic mass is 10.1. The number of benzene rings is 1. The predicted molar refractivity (Wildman–Crippen MR) is 85.7 cm³/mol. The minimum Gasteiger partial charge on any atom is -0.359 e. The predicted octanol–water partition coefficient (Wildman–Crippen LogP) is 0.265. The number of amides is 1. The molecule has 1 aliphatic rings. The number of sulfonamides is 1. The lowest BCUT2D eigenvalue weighted by Gasteiger charge is -2.23.